The van der Waals surface area contributed by atoms with Crippen molar-refractivity contribution in [2.24, 2.45) is 7.05 Å². The lowest BCUT2D eigenvalue weighted by atomic mass is 10.2. The first-order valence-electron chi connectivity index (χ1n) is 6.25. The molecule has 0 saturated carbocycles. The second-order valence-corrected chi connectivity index (χ2v) is 4.35. The molecule has 0 bridgehead atoms. The van der Waals surface area contributed by atoms with Gasteiger partial charge in [0.05, 0.1) is 0 Å². The summed E-state index contributed by atoms with van der Waals surface area (Å²) in [6.07, 6.45) is -0.520. The van der Waals surface area contributed by atoms with Crippen molar-refractivity contribution in [3.05, 3.63) is 17.5 Å². The molecule has 0 saturated heterocycles. The predicted octanol–water partition coefficient (Wildman–Crippen LogP) is 2.75. The molecule has 1 rings (SSSR count). The first kappa shape index (κ1) is 15.5. The summed E-state index contributed by atoms with van der Waals surface area (Å²) in [5.74, 6) is -0.567. The number of carbonyl (C=O) groups is 1. The molecular formula is C12H18F3N3O. The lowest BCUT2D eigenvalue weighted by Gasteiger charge is -2.04. The molecular weight excluding hydrogens is 259 g/mol. The molecule has 4 nitrogen and oxygen atoms in total. The number of hydrogen-bond donors (Lipinski definition) is 1. The van der Waals surface area contributed by atoms with Crippen LogP contribution in [-0.4, -0.2) is 22.2 Å². The molecule has 0 aliphatic heterocycles. The molecule has 0 radical (unpaired) electrons. The van der Waals surface area contributed by atoms with Crippen molar-refractivity contribution in [2.45, 2.75) is 38.8 Å². The molecule has 108 valence electrons. The number of hydrogen-bond acceptors (Lipinski definition) is 2. The summed E-state index contributed by atoms with van der Waals surface area (Å²) in [4.78, 5) is 11.6. The molecule has 19 heavy (non-hydrogen) atoms. The van der Waals surface area contributed by atoms with Crippen molar-refractivity contribution in [3.63, 3.8) is 0 Å². The fourth-order valence-corrected chi connectivity index (χ4v) is 1.69. The van der Waals surface area contributed by atoms with E-state index in [2.05, 4.69) is 17.3 Å². The normalized spacial score (nSPS) is 11.6. The van der Waals surface area contributed by atoms with Crippen LogP contribution in [0.3, 0.4) is 0 Å². The Morgan fingerprint density at radius 2 is 2.05 bits per heavy atom. The van der Waals surface area contributed by atoms with Gasteiger partial charge >= 0.3 is 6.18 Å². The van der Waals surface area contributed by atoms with Crippen molar-refractivity contribution in [2.75, 3.05) is 6.54 Å². The number of carbonyl (C=O) groups excluding carboxylic acids is 1. The van der Waals surface area contributed by atoms with Gasteiger partial charge in [0.15, 0.2) is 5.69 Å². The zero-order valence-corrected chi connectivity index (χ0v) is 11.0. The van der Waals surface area contributed by atoms with Crippen LogP contribution in [0, 0.1) is 0 Å². The third kappa shape index (κ3) is 4.57. The number of unbranched alkanes of at least 4 members (excludes halogenated alkanes) is 3. The Labute approximate surface area is 110 Å². The molecule has 1 aromatic rings. The van der Waals surface area contributed by atoms with Gasteiger partial charge in [0.1, 0.15) is 5.69 Å². The number of nitrogens with zero attached hydrogens (tertiary/aromatic N) is 2. The second-order valence-electron chi connectivity index (χ2n) is 4.35. The molecule has 1 N–H and O–H groups in total. The summed E-state index contributed by atoms with van der Waals surface area (Å²) < 4.78 is 38.2. The Hall–Kier alpha value is -1.53. The van der Waals surface area contributed by atoms with E-state index >= 15 is 0 Å². The van der Waals surface area contributed by atoms with Gasteiger partial charge in [-0.05, 0) is 6.42 Å². The van der Waals surface area contributed by atoms with E-state index in [1.807, 2.05) is 0 Å². The van der Waals surface area contributed by atoms with Crippen LogP contribution in [0.2, 0.25) is 0 Å². The van der Waals surface area contributed by atoms with Crippen molar-refractivity contribution in [3.8, 4) is 0 Å². The third-order valence-electron chi connectivity index (χ3n) is 2.72. The fraction of sp³-hybridized carbons (Fsp3) is 0.667. The summed E-state index contributed by atoms with van der Waals surface area (Å²) in [5, 5.41) is 6.14. The molecule has 1 heterocycles. The van der Waals surface area contributed by atoms with Crippen molar-refractivity contribution in [1.82, 2.24) is 15.1 Å². The van der Waals surface area contributed by atoms with Gasteiger partial charge in [-0.3, -0.25) is 9.48 Å². The molecule has 0 aromatic carbocycles. The highest BCUT2D eigenvalue weighted by Crippen LogP contribution is 2.29. The van der Waals surface area contributed by atoms with Gasteiger partial charge in [0.25, 0.3) is 5.91 Å². The van der Waals surface area contributed by atoms with Crippen LogP contribution in [0.5, 0.6) is 0 Å². The molecule has 0 aliphatic rings. The number of aromatic nitrogens is 2. The number of halogens is 3. The maximum Gasteiger partial charge on any atom is 0.433 e. The summed E-state index contributed by atoms with van der Waals surface area (Å²) in [7, 11) is 1.17. The monoisotopic (exact) mass is 277 g/mol. The van der Waals surface area contributed by atoms with Gasteiger partial charge in [-0.2, -0.15) is 18.3 Å². The third-order valence-corrected chi connectivity index (χ3v) is 2.72. The van der Waals surface area contributed by atoms with Gasteiger partial charge < -0.3 is 5.32 Å². The zero-order chi connectivity index (χ0) is 14.5. The topological polar surface area (TPSA) is 46.9 Å². The fourth-order valence-electron chi connectivity index (χ4n) is 1.69. The SMILES string of the molecule is CCCCCCNC(=O)c1cc(C(F)(F)F)n(C)n1. The van der Waals surface area contributed by atoms with E-state index in [-0.39, 0.29) is 5.69 Å². The van der Waals surface area contributed by atoms with Gasteiger partial charge in [-0.1, -0.05) is 26.2 Å². The highest BCUT2D eigenvalue weighted by Gasteiger charge is 2.35. The molecule has 0 atom stereocenters. The van der Waals surface area contributed by atoms with Gasteiger partial charge in [-0.25, -0.2) is 0 Å². The van der Waals surface area contributed by atoms with E-state index in [0.29, 0.717) is 11.2 Å². The van der Waals surface area contributed by atoms with E-state index in [1.54, 1.807) is 0 Å². The Morgan fingerprint density at radius 3 is 2.58 bits per heavy atom. The smallest absolute Gasteiger partial charge is 0.351 e. The minimum Gasteiger partial charge on any atom is -0.351 e. The summed E-state index contributed by atoms with van der Waals surface area (Å²) in [5.41, 5.74) is -1.13. The number of alkyl halides is 3. The van der Waals surface area contributed by atoms with Gasteiger partial charge in [0.2, 0.25) is 0 Å². The summed E-state index contributed by atoms with van der Waals surface area (Å²) in [6, 6.07) is 0.765. The minimum absolute atomic E-state index is 0.203. The van der Waals surface area contributed by atoms with E-state index in [9.17, 15) is 18.0 Å². The Kier molecular flexibility index (Phi) is 5.38. The summed E-state index contributed by atoms with van der Waals surface area (Å²) in [6.45, 7) is 2.53. The van der Waals surface area contributed by atoms with Crippen LogP contribution in [0.4, 0.5) is 13.2 Å². The number of amides is 1. The van der Waals surface area contributed by atoms with Crippen LogP contribution in [0.25, 0.3) is 0 Å². The van der Waals surface area contributed by atoms with E-state index in [1.165, 1.54) is 7.05 Å². The van der Waals surface area contributed by atoms with E-state index < -0.39 is 17.8 Å². The van der Waals surface area contributed by atoms with Crippen molar-refractivity contribution in [1.29, 1.82) is 0 Å². The Bertz CT molecular complexity index is 426. The molecule has 1 amide bonds. The van der Waals surface area contributed by atoms with Crippen molar-refractivity contribution < 1.29 is 18.0 Å². The number of nitrogens with one attached hydrogen (secondary N) is 1. The molecule has 0 spiro atoms. The van der Waals surface area contributed by atoms with Crippen LogP contribution >= 0.6 is 0 Å². The minimum atomic E-state index is -4.50. The lowest BCUT2D eigenvalue weighted by Crippen LogP contribution is -2.24. The van der Waals surface area contributed by atoms with Crippen LogP contribution in [0.15, 0.2) is 6.07 Å². The molecule has 7 heteroatoms. The molecule has 1 aromatic heterocycles. The maximum atomic E-state index is 12.5. The van der Waals surface area contributed by atoms with Gasteiger partial charge in [-0.15, -0.1) is 0 Å². The first-order valence-corrected chi connectivity index (χ1v) is 6.25. The van der Waals surface area contributed by atoms with Crippen molar-refractivity contribution >= 4 is 5.91 Å². The number of rotatable bonds is 6. The highest BCUT2D eigenvalue weighted by atomic mass is 19.4. The van der Waals surface area contributed by atoms with E-state index in [4.69, 9.17) is 0 Å². The molecule has 0 fully saturated rings. The second kappa shape index (κ2) is 6.58. The zero-order valence-electron chi connectivity index (χ0n) is 11.0. The van der Waals surface area contributed by atoms with Crippen LogP contribution < -0.4 is 5.32 Å². The lowest BCUT2D eigenvalue weighted by molar-refractivity contribution is -0.143. The molecule has 0 aliphatic carbocycles. The largest absolute Gasteiger partial charge is 0.433 e. The quantitative estimate of drug-likeness (QED) is 0.813. The number of aryl methyl sites for hydroxylation is 1. The predicted molar refractivity (Wildman–Crippen MR) is 64.7 cm³/mol. The highest BCUT2D eigenvalue weighted by molar-refractivity contribution is 5.92. The maximum absolute atomic E-state index is 12.5. The standard InChI is InChI=1S/C12H18F3N3O/c1-3-4-5-6-7-16-11(19)9-8-10(12(13,14)15)18(2)17-9/h8H,3-7H2,1-2H3,(H,16,19). The first-order chi connectivity index (χ1) is 8.86. The molecule has 0 unspecified atom stereocenters. The van der Waals surface area contributed by atoms with Crippen LogP contribution in [0.1, 0.15) is 48.8 Å². The average molecular weight is 277 g/mol. The van der Waals surface area contributed by atoms with Gasteiger partial charge in [0, 0.05) is 19.7 Å². The van der Waals surface area contributed by atoms with E-state index in [0.717, 1.165) is 31.7 Å². The summed E-state index contributed by atoms with van der Waals surface area (Å²) >= 11 is 0. The Morgan fingerprint density at radius 1 is 1.37 bits per heavy atom. The Balaban J connectivity index is 2.54. The average Bonchev–Trinajstić information content (AvgIpc) is 2.70. The van der Waals surface area contributed by atoms with Crippen LogP contribution in [-0.2, 0) is 13.2 Å².